The molecule has 1 heterocycles. The maximum absolute atomic E-state index is 11.6. The number of carbonyl (C=O) groups is 1. The maximum Gasteiger partial charge on any atom is 0.223 e. The molecule has 6 heteroatoms. The van der Waals surface area contributed by atoms with Gasteiger partial charge in [0.15, 0.2) is 5.82 Å². The molecule has 0 aromatic carbocycles. The normalized spacial score (nSPS) is 15.1. The smallest absolute Gasteiger partial charge is 0.223 e. The van der Waals surface area contributed by atoms with Crippen LogP contribution in [-0.4, -0.2) is 40.1 Å². The first-order valence-corrected chi connectivity index (χ1v) is 6.48. The molecule has 2 rings (SSSR count). The zero-order chi connectivity index (χ0) is 13.0. The summed E-state index contributed by atoms with van der Waals surface area (Å²) in [6.45, 7) is 6.05. The van der Waals surface area contributed by atoms with Crippen molar-refractivity contribution in [2.45, 2.75) is 45.7 Å². The first-order chi connectivity index (χ1) is 8.67. The fourth-order valence-electron chi connectivity index (χ4n) is 1.74. The molecule has 6 nitrogen and oxygen atoms in total. The van der Waals surface area contributed by atoms with E-state index < -0.39 is 0 Å². The molecule has 1 N–H and O–H groups in total. The largest absolute Gasteiger partial charge is 0.353 e. The van der Waals surface area contributed by atoms with Crippen LogP contribution < -0.4 is 5.32 Å². The molecule has 1 aliphatic rings. The molecule has 0 radical (unpaired) electrons. The predicted molar refractivity (Wildman–Crippen MR) is 65.8 cm³/mol. The van der Waals surface area contributed by atoms with Crippen LogP contribution >= 0.6 is 0 Å². The van der Waals surface area contributed by atoms with Gasteiger partial charge in [-0.25, -0.2) is 0 Å². The number of rotatable bonds is 7. The molecule has 0 aliphatic heterocycles. The summed E-state index contributed by atoms with van der Waals surface area (Å²) in [5, 5.41) is 6.85. The van der Waals surface area contributed by atoms with Crippen LogP contribution in [0.5, 0.6) is 0 Å². The second-order valence-corrected chi connectivity index (χ2v) is 4.69. The lowest BCUT2D eigenvalue weighted by Crippen LogP contribution is -2.31. The lowest BCUT2D eigenvalue weighted by atomic mass is 10.3. The van der Waals surface area contributed by atoms with Crippen LogP contribution in [0.2, 0.25) is 0 Å². The van der Waals surface area contributed by atoms with Gasteiger partial charge in [0.25, 0.3) is 0 Å². The van der Waals surface area contributed by atoms with Crippen LogP contribution in [-0.2, 0) is 11.3 Å². The highest BCUT2D eigenvalue weighted by molar-refractivity contribution is 5.76. The Kier molecular flexibility index (Phi) is 4.30. The van der Waals surface area contributed by atoms with Gasteiger partial charge in [-0.2, -0.15) is 4.98 Å². The molecule has 1 fully saturated rings. The number of nitrogens with one attached hydrogen (secondary N) is 1. The van der Waals surface area contributed by atoms with E-state index in [1.807, 2.05) is 0 Å². The molecular weight excluding hydrogens is 232 g/mol. The van der Waals surface area contributed by atoms with E-state index in [0.29, 0.717) is 30.7 Å². The number of nitrogens with zero attached hydrogens (tertiary/aromatic N) is 3. The summed E-state index contributed by atoms with van der Waals surface area (Å²) < 4.78 is 4.93. The van der Waals surface area contributed by atoms with Gasteiger partial charge in [0.2, 0.25) is 11.8 Å². The summed E-state index contributed by atoms with van der Waals surface area (Å²) in [5.41, 5.74) is 0. The zero-order valence-electron chi connectivity index (χ0n) is 11.0. The third kappa shape index (κ3) is 4.10. The highest BCUT2D eigenvalue weighted by Gasteiger charge is 2.23. The van der Waals surface area contributed by atoms with Gasteiger partial charge in [-0.05, 0) is 19.4 Å². The van der Waals surface area contributed by atoms with E-state index in [9.17, 15) is 4.79 Å². The Morgan fingerprint density at radius 1 is 1.56 bits per heavy atom. The van der Waals surface area contributed by atoms with Gasteiger partial charge in [0, 0.05) is 25.9 Å². The quantitative estimate of drug-likeness (QED) is 0.779. The Labute approximate surface area is 107 Å². The molecule has 1 saturated carbocycles. The summed E-state index contributed by atoms with van der Waals surface area (Å²) in [6.07, 6.45) is 2.79. The van der Waals surface area contributed by atoms with Crippen molar-refractivity contribution in [2.75, 3.05) is 13.1 Å². The van der Waals surface area contributed by atoms with E-state index >= 15 is 0 Å². The average Bonchev–Trinajstić information content (AvgIpc) is 3.06. The summed E-state index contributed by atoms with van der Waals surface area (Å²) in [6, 6.07) is 0.437. The molecule has 100 valence electrons. The van der Waals surface area contributed by atoms with Crippen molar-refractivity contribution in [3.8, 4) is 0 Å². The van der Waals surface area contributed by atoms with Gasteiger partial charge in [0.05, 0.1) is 6.54 Å². The van der Waals surface area contributed by atoms with E-state index in [2.05, 4.69) is 27.3 Å². The molecule has 18 heavy (non-hydrogen) atoms. The molecule has 1 aromatic rings. The fraction of sp³-hybridized carbons (Fsp3) is 0.750. The summed E-state index contributed by atoms with van der Waals surface area (Å²) in [7, 11) is 0. The van der Waals surface area contributed by atoms with Crippen molar-refractivity contribution >= 4 is 5.91 Å². The van der Waals surface area contributed by atoms with Crippen LogP contribution in [0.1, 0.15) is 37.9 Å². The van der Waals surface area contributed by atoms with Crippen LogP contribution in [0, 0.1) is 6.92 Å². The molecule has 0 saturated heterocycles. The minimum atomic E-state index is 0.139. The van der Waals surface area contributed by atoms with Gasteiger partial charge in [-0.1, -0.05) is 12.1 Å². The first-order valence-electron chi connectivity index (χ1n) is 6.48. The number of aryl methyl sites for hydroxylation is 1. The summed E-state index contributed by atoms with van der Waals surface area (Å²) in [4.78, 5) is 17.9. The Balaban J connectivity index is 1.72. The molecule has 1 amide bonds. The topological polar surface area (TPSA) is 71.3 Å². The van der Waals surface area contributed by atoms with Crippen molar-refractivity contribution in [1.29, 1.82) is 0 Å². The molecule has 1 aromatic heterocycles. The summed E-state index contributed by atoms with van der Waals surface area (Å²) in [5.74, 6) is 1.39. The van der Waals surface area contributed by atoms with Crippen LogP contribution in [0.25, 0.3) is 0 Å². The Morgan fingerprint density at radius 2 is 2.33 bits per heavy atom. The van der Waals surface area contributed by atoms with Gasteiger partial charge in [0.1, 0.15) is 0 Å². The molecule has 0 bridgehead atoms. The molecule has 0 spiro atoms. The minimum absolute atomic E-state index is 0.139. The molecule has 1 aliphatic carbocycles. The molecular formula is C12H20N4O2. The van der Waals surface area contributed by atoms with Crippen molar-refractivity contribution < 1.29 is 9.32 Å². The van der Waals surface area contributed by atoms with Crippen LogP contribution in [0.3, 0.4) is 0 Å². The Hall–Kier alpha value is -1.43. The number of carbonyl (C=O) groups excluding carboxylic acids is 1. The van der Waals surface area contributed by atoms with Gasteiger partial charge in [-0.3, -0.25) is 9.69 Å². The highest BCUT2D eigenvalue weighted by Crippen LogP contribution is 2.18. The van der Waals surface area contributed by atoms with Crippen molar-refractivity contribution in [2.24, 2.45) is 0 Å². The summed E-state index contributed by atoms with van der Waals surface area (Å²) >= 11 is 0. The minimum Gasteiger partial charge on any atom is -0.353 e. The first kappa shape index (κ1) is 13.0. The lowest BCUT2D eigenvalue weighted by Gasteiger charge is -2.17. The van der Waals surface area contributed by atoms with E-state index in [1.165, 1.54) is 0 Å². The SMILES string of the molecule is CCN(CCC(=O)NC1CC1)Cc1noc(C)n1. The van der Waals surface area contributed by atoms with Crippen LogP contribution in [0.4, 0.5) is 0 Å². The van der Waals surface area contributed by atoms with Crippen molar-refractivity contribution in [3.63, 3.8) is 0 Å². The Bertz CT molecular complexity index is 401. The van der Waals surface area contributed by atoms with Crippen molar-refractivity contribution in [3.05, 3.63) is 11.7 Å². The zero-order valence-corrected chi connectivity index (χ0v) is 11.0. The molecule has 0 atom stereocenters. The van der Waals surface area contributed by atoms with E-state index in [1.54, 1.807) is 6.92 Å². The monoisotopic (exact) mass is 252 g/mol. The second kappa shape index (κ2) is 5.95. The molecule has 0 unspecified atom stereocenters. The number of hydrogen-bond acceptors (Lipinski definition) is 5. The predicted octanol–water partition coefficient (Wildman–Crippen LogP) is 0.869. The van der Waals surface area contributed by atoms with Crippen molar-refractivity contribution in [1.82, 2.24) is 20.4 Å². The lowest BCUT2D eigenvalue weighted by molar-refractivity contribution is -0.121. The number of aromatic nitrogens is 2. The third-order valence-corrected chi connectivity index (χ3v) is 2.98. The van der Waals surface area contributed by atoms with E-state index in [-0.39, 0.29) is 5.91 Å². The highest BCUT2D eigenvalue weighted by atomic mass is 16.5. The number of amides is 1. The van der Waals surface area contributed by atoms with E-state index in [4.69, 9.17) is 4.52 Å². The third-order valence-electron chi connectivity index (χ3n) is 2.98. The van der Waals surface area contributed by atoms with E-state index in [0.717, 1.165) is 25.9 Å². The van der Waals surface area contributed by atoms with Gasteiger partial charge in [-0.15, -0.1) is 0 Å². The van der Waals surface area contributed by atoms with Crippen LogP contribution in [0.15, 0.2) is 4.52 Å². The maximum atomic E-state index is 11.6. The number of hydrogen-bond donors (Lipinski definition) is 1. The van der Waals surface area contributed by atoms with Gasteiger partial charge < -0.3 is 9.84 Å². The van der Waals surface area contributed by atoms with Gasteiger partial charge >= 0.3 is 0 Å². The fourth-order valence-corrected chi connectivity index (χ4v) is 1.74. The average molecular weight is 252 g/mol. The standard InChI is InChI=1S/C12H20N4O2/c1-3-16(8-11-13-9(2)18-15-11)7-6-12(17)14-10-4-5-10/h10H,3-8H2,1-2H3,(H,14,17). The second-order valence-electron chi connectivity index (χ2n) is 4.69. The Morgan fingerprint density at radius 3 is 2.89 bits per heavy atom.